The molecule has 0 heterocycles. The molecule has 0 saturated heterocycles. The Hall–Kier alpha value is 0.950. The molecular formula is C21H32B4Br5N3O6. The molecule has 0 saturated carbocycles. The Morgan fingerprint density at radius 1 is 0.615 bits per heavy atom. The van der Waals surface area contributed by atoms with Gasteiger partial charge in [-0.05, 0) is 73.5 Å². The van der Waals surface area contributed by atoms with Crippen LogP contribution in [0.25, 0.3) is 0 Å². The second-order valence-corrected chi connectivity index (χ2v) is 18.3. The van der Waals surface area contributed by atoms with Crippen LogP contribution in [0, 0.1) is 5.41 Å². The van der Waals surface area contributed by atoms with Gasteiger partial charge in [-0.15, -0.1) is 0 Å². The van der Waals surface area contributed by atoms with E-state index in [1.807, 2.05) is 6.92 Å². The summed E-state index contributed by atoms with van der Waals surface area (Å²) in [5, 5.41) is 8.02. The molecule has 0 rings (SSSR count). The third-order valence-electron chi connectivity index (χ3n) is 5.18. The van der Waals surface area contributed by atoms with Gasteiger partial charge in [0, 0.05) is 53.1 Å². The first-order valence-electron chi connectivity index (χ1n) is 12.1. The van der Waals surface area contributed by atoms with Gasteiger partial charge in [0.1, 0.15) is 0 Å². The van der Waals surface area contributed by atoms with E-state index in [4.69, 9.17) is 45.6 Å². The molecule has 0 aliphatic carbocycles. The van der Waals surface area contributed by atoms with Crippen molar-refractivity contribution in [1.29, 1.82) is 0 Å². The van der Waals surface area contributed by atoms with Crippen LogP contribution in [0.15, 0.2) is 0 Å². The third-order valence-corrected chi connectivity index (χ3v) is 6.98. The molecule has 0 aliphatic heterocycles. The number of nitrogens with one attached hydrogen (secondary N) is 3. The van der Waals surface area contributed by atoms with E-state index >= 15 is 0 Å². The maximum absolute atomic E-state index is 11.9. The number of halogens is 5. The average Bonchev–Trinajstić information content (AvgIpc) is 2.82. The molecule has 39 heavy (non-hydrogen) atoms. The van der Waals surface area contributed by atoms with Crippen LogP contribution in [0.1, 0.15) is 32.6 Å². The minimum absolute atomic E-state index is 0.251. The van der Waals surface area contributed by atoms with Crippen molar-refractivity contribution in [3.05, 3.63) is 0 Å². The van der Waals surface area contributed by atoms with E-state index in [-0.39, 0.29) is 5.91 Å². The van der Waals surface area contributed by atoms with Crippen molar-refractivity contribution in [3.8, 4) is 0 Å². The lowest BCUT2D eigenvalue weighted by Gasteiger charge is -2.32. The van der Waals surface area contributed by atoms with Crippen LogP contribution in [0.4, 0.5) is 0 Å². The van der Waals surface area contributed by atoms with Crippen molar-refractivity contribution in [3.63, 3.8) is 0 Å². The van der Waals surface area contributed by atoms with Crippen LogP contribution in [-0.4, -0.2) is 119 Å². The first kappa shape index (κ1) is 39.9. The number of amides is 3. The van der Waals surface area contributed by atoms with E-state index in [0.29, 0.717) is 78.5 Å². The summed E-state index contributed by atoms with van der Waals surface area (Å²) >= 11 is 15.3. The van der Waals surface area contributed by atoms with Crippen LogP contribution >= 0.6 is 79.6 Å². The molecule has 0 aromatic heterocycles. The Labute approximate surface area is 278 Å². The smallest absolute Gasteiger partial charge is 0.258 e. The fourth-order valence-electron chi connectivity index (χ4n) is 2.80. The first-order chi connectivity index (χ1) is 17.9. The van der Waals surface area contributed by atoms with Gasteiger partial charge in [-0.3, -0.25) is 14.4 Å². The van der Waals surface area contributed by atoms with E-state index < -0.39 is 27.6 Å². The third kappa shape index (κ3) is 19.7. The van der Waals surface area contributed by atoms with Gasteiger partial charge < -0.3 is 30.2 Å². The lowest BCUT2D eigenvalue weighted by atomic mass is 9.70. The molecule has 0 fully saturated rings. The van der Waals surface area contributed by atoms with Gasteiger partial charge in [0.25, 0.3) is 5.91 Å². The van der Waals surface area contributed by atoms with E-state index in [2.05, 4.69) is 95.6 Å². The van der Waals surface area contributed by atoms with Crippen molar-refractivity contribution < 1.29 is 28.6 Å². The van der Waals surface area contributed by atoms with Gasteiger partial charge in [-0.2, -0.15) is 0 Å². The van der Waals surface area contributed by atoms with Crippen LogP contribution in [-0.2, 0) is 28.6 Å². The number of hydrogen-bond acceptors (Lipinski definition) is 6. The predicted octanol–water partition coefficient (Wildman–Crippen LogP) is 1.56. The van der Waals surface area contributed by atoms with Gasteiger partial charge in [0.2, 0.25) is 14.0 Å². The molecule has 0 bridgehead atoms. The molecule has 0 aliphatic rings. The summed E-state index contributed by atoms with van der Waals surface area (Å²) in [6.45, 7) is 5.49. The standard InChI is InChI=1S/C21H32B4Br5N3O6/c1-2-18(12-37-9-3-6-31-15(34)19(22,23)26,13-38-10-4-7-32-16(35)20(24,25)27)14-39-11-5-8-33-17(36)21(28,29)30/h2-14H2,1H3,(H,31,34)(H,32,35)(H,33,36). The van der Waals surface area contributed by atoms with Crippen LogP contribution in [0.3, 0.4) is 0 Å². The number of carbonyl (C=O) groups is 3. The Kier molecular flexibility index (Phi) is 20.5. The number of ether oxygens (including phenoxy) is 3. The molecule has 18 heteroatoms. The second-order valence-electron chi connectivity index (χ2n) is 8.87. The molecule has 8 radical (unpaired) electrons. The highest BCUT2D eigenvalue weighted by Gasteiger charge is 2.30. The van der Waals surface area contributed by atoms with E-state index in [0.717, 1.165) is 6.42 Å². The quantitative estimate of drug-likeness (QED) is 0.0919. The van der Waals surface area contributed by atoms with Gasteiger partial charge in [-0.1, -0.05) is 38.8 Å². The molecule has 214 valence electrons. The highest BCUT2D eigenvalue weighted by Crippen LogP contribution is 2.33. The molecule has 0 unspecified atom stereocenters. The van der Waals surface area contributed by atoms with E-state index in [9.17, 15) is 14.4 Å². The zero-order valence-electron chi connectivity index (χ0n) is 21.8. The van der Waals surface area contributed by atoms with Crippen molar-refractivity contribution in [2.24, 2.45) is 5.41 Å². The van der Waals surface area contributed by atoms with Gasteiger partial charge in [0.05, 0.1) is 51.2 Å². The summed E-state index contributed by atoms with van der Waals surface area (Å²) in [6.07, 6.45) is 2.45. The van der Waals surface area contributed by atoms with Crippen molar-refractivity contribution in [2.45, 2.75) is 43.0 Å². The Morgan fingerprint density at radius 3 is 1.18 bits per heavy atom. The number of alkyl halides is 5. The first-order valence-corrected chi connectivity index (χ1v) is 16.1. The SMILES string of the molecule is [B]C([B])(Br)C(=O)NCCCOCC(CC)(COCCCNC(=O)C([B])([B])Br)COCCCNC(=O)C(Br)(Br)Br. The number of carbonyl (C=O) groups excluding carboxylic acids is 3. The minimum atomic E-state index is -1.61. The summed E-state index contributed by atoms with van der Waals surface area (Å²) in [5.41, 5.74) is -0.425. The number of rotatable bonds is 21. The molecule has 3 amide bonds. The molecule has 0 spiro atoms. The summed E-state index contributed by atoms with van der Waals surface area (Å²) in [7, 11) is 21.9. The molecule has 0 aromatic carbocycles. The summed E-state index contributed by atoms with van der Waals surface area (Å²) in [6, 6.07) is 0. The number of hydrogen-bond donors (Lipinski definition) is 3. The Morgan fingerprint density at radius 2 is 0.923 bits per heavy atom. The maximum Gasteiger partial charge on any atom is 0.258 e. The Balaban J connectivity index is 4.67. The van der Waals surface area contributed by atoms with Crippen LogP contribution < -0.4 is 16.0 Å². The zero-order valence-corrected chi connectivity index (χ0v) is 29.8. The van der Waals surface area contributed by atoms with Gasteiger partial charge in [0.15, 0.2) is 0 Å². The van der Waals surface area contributed by atoms with E-state index in [1.54, 1.807) is 0 Å². The summed E-state index contributed by atoms with van der Waals surface area (Å²) in [5.74, 6) is -1.29. The Bertz CT molecular complexity index is 662. The monoisotopic (exact) mass is 861 g/mol. The van der Waals surface area contributed by atoms with Gasteiger partial charge >= 0.3 is 0 Å². The molecule has 0 aromatic rings. The van der Waals surface area contributed by atoms with Gasteiger partial charge in [-0.25, -0.2) is 0 Å². The van der Waals surface area contributed by atoms with Crippen molar-refractivity contribution in [2.75, 3.05) is 59.3 Å². The highest BCUT2D eigenvalue weighted by molar-refractivity contribution is 9.40. The normalized spacial score (nSPS) is 12.7. The molecular weight excluding hydrogens is 833 g/mol. The fraction of sp³-hybridized carbons (Fsp3) is 0.857. The topological polar surface area (TPSA) is 115 Å². The van der Waals surface area contributed by atoms with Crippen LogP contribution in [0.2, 0.25) is 0 Å². The minimum Gasteiger partial charge on any atom is -0.381 e. The second kappa shape index (κ2) is 20.0. The predicted molar refractivity (Wildman–Crippen MR) is 174 cm³/mol. The van der Waals surface area contributed by atoms with Crippen molar-refractivity contribution >= 4 is 129 Å². The largest absolute Gasteiger partial charge is 0.381 e. The molecule has 0 atom stereocenters. The zero-order chi connectivity index (χ0) is 30.2. The van der Waals surface area contributed by atoms with Crippen molar-refractivity contribution in [1.82, 2.24) is 16.0 Å². The molecule has 3 N–H and O–H groups in total. The fourth-order valence-corrected chi connectivity index (χ4v) is 3.50. The highest BCUT2D eigenvalue weighted by atomic mass is 80.0. The van der Waals surface area contributed by atoms with Crippen LogP contribution in [0.5, 0.6) is 0 Å². The van der Waals surface area contributed by atoms with E-state index in [1.165, 1.54) is 0 Å². The summed E-state index contributed by atoms with van der Waals surface area (Å²) in [4.78, 5) is 35.3. The maximum atomic E-state index is 11.9. The lowest BCUT2D eigenvalue weighted by molar-refractivity contribution is -0.120. The summed E-state index contributed by atoms with van der Waals surface area (Å²) < 4.78 is 13.5. The average molecular weight is 865 g/mol. The lowest BCUT2D eigenvalue weighted by Crippen LogP contribution is -2.43. The molecule has 9 nitrogen and oxygen atoms in total.